The van der Waals surface area contributed by atoms with E-state index in [1.54, 1.807) is 16.9 Å². The fourth-order valence-electron chi connectivity index (χ4n) is 4.75. The van der Waals surface area contributed by atoms with E-state index >= 15 is 0 Å². The van der Waals surface area contributed by atoms with Crippen molar-refractivity contribution in [3.8, 4) is 0 Å². The van der Waals surface area contributed by atoms with Gasteiger partial charge in [0.05, 0.1) is 11.7 Å². The predicted molar refractivity (Wildman–Crippen MR) is 118 cm³/mol. The Bertz CT molecular complexity index is 827. The number of rotatable bonds is 7. The third-order valence-electron chi connectivity index (χ3n) is 6.79. The first kappa shape index (κ1) is 21.1. The molecule has 2 saturated heterocycles. The molecule has 162 valence electrons. The second kappa shape index (κ2) is 9.31. The zero-order chi connectivity index (χ0) is 21.0. The SMILES string of the molecule is C[C@@H](CCN1CCC2(CC[C@H](CNC(=O)c3ccn(C)n3)O2)CC1)c1ccccc1. The van der Waals surface area contributed by atoms with Gasteiger partial charge in [-0.15, -0.1) is 0 Å². The number of hydrogen-bond acceptors (Lipinski definition) is 4. The summed E-state index contributed by atoms with van der Waals surface area (Å²) >= 11 is 0. The first-order valence-electron chi connectivity index (χ1n) is 11.3. The van der Waals surface area contributed by atoms with Crippen LogP contribution in [0.4, 0.5) is 0 Å². The van der Waals surface area contributed by atoms with Crippen molar-refractivity contribution in [2.75, 3.05) is 26.2 Å². The molecule has 6 nitrogen and oxygen atoms in total. The maximum absolute atomic E-state index is 12.2. The average Bonchev–Trinajstić information content (AvgIpc) is 3.39. The Morgan fingerprint density at radius 1 is 1.23 bits per heavy atom. The molecule has 2 fully saturated rings. The molecule has 2 atom stereocenters. The molecule has 2 aromatic rings. The standard InChI is InChI=1S/C24H34N4O2/c1-19(20-6-4-3-5-7-20)9-15-28-16-12-24(13-17-28)11-8-21(30-24)18-25-23(29)22-10-14-27(2)26-22/h3-7,10,14,19,21H,8-9,11-13,15-18H2,1-2H3,(H,25,29)/t19-,21+/m0/s1. The first-order valence-corrected chi connectivity index (χ1v) is 11.3. The van der Waals surface area contributed by atoms with Crippen molar-refractivity contribution >= 4 is 5.91 Å². The summed E-state index contributed by atoms with van der Waals surface area (Å²) in [6, 6.07) is 12.5. The lowest BCUT2D eigenvalue weighted by Crippen LogP contribution is -2.45. The number of likely N-dealkylation sites (tertiary alicyclic amines) is 1. The molecular formula is C24H34N4O2. The zero-order valence-corrected chi connectivity index (χ0v) is 18.2. The summed E-state index contributed by atoms with van der Waals surface area (Å²) in [4.78, 5) is 14.8. The van der Waals surface area contributed by atoms with Crippen molar-refractivity contribution < 1.29 is 9.53 Å². The first-order chi connectivity index (χ1) is 14.5. The molecule has 1 spiro atoms. The van der Waals surface area contributed by atoms with E-state index in [0.29, 0.717) is 18.2 Å². The summed E-state index contributed by atoms with van der Waals surface area (Å²) in [6.07, 6.45) is 7.40. The normalized spacial score (nSPS) is 22.3. The molecule has 3 heterocycles. The van der Waals surface area contributed by atoms with Crippen LogP contribution < -0.4 is 5.32 Å². The molecule has 0 unspecified atom stereocenters. The number of carbonyl (C=O) groups is 1. The van der Waals surface area contributed by atoms with Crippen molar-refractivity contribution in [2.45, 2.75) is 56.7 Å². The Hall–Kier alpha value is -2.18. The minimum atomic E-state index is -0.123. The van der Waals surface area contributed by atoms with Crippen LogP contribution in [0.5, 0.6) is 0 Å². The topological polar surface area (TPSA) is 59.4 Å². The number of aryl methyl sites for hydroxylation is 1. The van der Waals surface area contributed by atoms with Crippen molar-refractivity contribution in [3.63, 3.8) is 0 Å². The van der Waals surface area contributed by atoms with Crippen molar-refractivity contribution in [1.82, 2.24) is 20.0 Å². The van der Waals surface area contributed by atoms with Gasteiger partial charge in [0.25, 0.3) is 5.91 Å². The van der Waals surface area contributed by atoms with Gasteiger partial charge in [0.2, 0.25) is 0 Å². The van der Waals surface area contributed by atoms with Gasteiger partial charge in [0.1, 0.15) is 5.69 Å². The lowest BCUT2D eigenvalue weighted by molar-refractivity contribution is -0.0755. The molecule has 4 rings (SSSR count). The maximum atomic E-state index is 12.2. The Balaban J connectivity index is 1.18. The number of amides is 1. The number of ether oxygens (including phenoxy) is 1. The fraction of sp³-hybridized carbons (Fsp3) is 0.583. The Labute approximate surface area is 179 Å². The zero-order valence-electron chi connectivity index (χ0n) is 18.2. The number of aromatic nitrogens is 2. The number of nitrogens with zero attached hydrogens (tertiary/aromatic N) is 3. The maximum Gasteiger partial charge on any atom is 0.271 e. The van der Waals surface area contributed by atoms with E-state index in [4.69, 9.17) is 4.74 Å². The molecule has 0 saturated carbocycles. The van der Waals surface area contributed by atoms with Gasteiger partial charge in [-0.3, -0.25) is 9.48 Å². The van der Waals surface area contributed by atoms with Crippen LogP contribution in [0.2, 0.25) is 0 Å². The van der Waals surface area contributed by atoms with Crippen LogP contribution in [-0.4, -0.2) is 58.5 Å². The van der Waals surface area contributed by atoms with Gasteiger partial charge in [-0.25, -0.2) is 0 Å². The molecule has 1 amide bonds. The van der Waals surface area contributed by atoms with Crippen LogP contribution in [0.25, 0.3) is 0 Å². The molecule has 6 heteroatoms. The lowest BCUT2D eigenvalue weighted by Gasteiger charge is -2.39. The highest BCUT2D eigenvalue weighted by Crippen LogP contribution is 2.39. The van der Waals surface area contributed by atoms with E-state index in [-0.39, 0.29) is 17.6 Å². The quantitative estimate of drug-likeness (QED) is 0.760. The van der Waals surface area contributed by atoms with Gasteiger partial charge in [0.15, 0.2) is 0 Å². The van der Waals surface area contributed by atoms with E-state index in [1.165, 1.54) is 12.0 Å². The second-order valence-corrected chi connectivity index (χ2v) is 8.99. The van der Waals surface area contributed by atoms with Crippen LogP contribution in [0.1, 0.15) is 61.0 Å². The van der Waals surface area contributed by atoms with E-state index in [9.17, 15) is 4.79 Å². The summed E-state index contributed by atoms with van der Waals surface area (Å²) in [5.41, 5.74) is 1.91. The van der Waals surface area contributed by atoms with Crippen LogP contribution in [0, 0.1) is 0 Å². The summed E-state index contributed by atoms with van der Waals surface area (Å²) < 4.78 is 8.10. The summed E-state index contributed by atoms with van der Waals surface area (Å²) in [7, 11) is 1.81. The molecule has 0 bridgehead atoms. The smallest absolute Gasteiger partial charge is 0.271 e. The third kappa shape index (κ3) is 5.10. The predicted octanol–water partition coefficient (Wildman–Crippen LogP) is 3.36. The second-order valence-electron chi connectivity index (χ2n) is 8.99. The number of benzene rings is 1. The van der Waals surface area contributed by atoms with Crippen LogP contribution in [0.15, 0.2) is 42.6 Å². The number of nitrogens with one attached hydrogen (secondary N) is 1. The summed E-state index contributed by atoms with van der Waals surface area (Å²) in [5.74, 6) is 0.472. The average molecular weight is 411 g/mol. The molecule has 0 radical (unpaired) electrons. The summed E-state index contributed by atoms with van der Waals surface area (Å²) in [6.45, 7) is 6.25. The largest absolute Gasteiger partial charge is 0.370 e. The minimum Gasteiger partial charge on any atom is -0.370 e. The van der Waals surface area contributed by atoms with Crippen molar-refractivity contribution in [1.29, 1.82) is 0 Å². The Kier molecular flexibility index (Phi) is 6.54. The van der Waals surface area contributed by atoms with Crippen molar-refractivity contribution in [3.05, 3.63) is 53.9 Å². The Morgan fingerprint density at radius 3 is 2.70 bits per heavy atom. The minimum absolute atomic E-state index is 0.0158. The molecule has 1 N–H and O–H groups in total. The van der Waals surface area contributed by atoms with E-state index in [1.807, 2.05) is 7.05 Å². The van der Waals surface area contributed by atoms with Gasteiger partial charge in [-0.2, -0.15) is 5.10 Å². The third-order valence-corrected chi connectivity index (χ3v) is 6.79. The van der Waals surface area contributed by atoms with Crippen molar-refractivity contribution in [2.24, 2.45) is 7.05 Å². The fourth-order valence-corrected chi connectivity index (χ4v) is 4.75. The molecule has 1 aromatic carbocycles. The molecule has 2 aliphatic heterocycles. The van der Waals surface area contributed by atoms with E-state index < -0.39 is 0 Å². The Morgan fingerprint density at radius 2 is 2.00 bits per heavy atom. The van der Waals surface area contributed by atoms with Crippen LogP contribution >= 0.6 is 0 Å². The number of hydrogen-bond donors (Lipinski definition) is 1. The summed E-state index contributed by atoms with van der Waals surface area (Å²) in [5, 5.41) is 7.14. The lowest BCUT2D eigenvalue weighted by atomic mass is 9.88. The molecule has 1 aromatic heterocycles. The van der Waals surface area contributed by atoms with E-state index in [2.05, 4.69) is 52.6 Å². The van der Waals surface area contributed by atoms with Gasteiger partial charge >= 0.3 is 0 Å². The van der Waals surface area contributed by atoms with Gasteiger partial charge < -0.3 is 15.0 Å². The highest BCUT2D eigenvalue weighted by atomic mass is 16.5. The molecular weight excluding hydrogens is 376 g/mol. The van der Waals surface area contributed by atoms with Gasteiger partial charge in [-0.05, 0) is 56.2 Å². The van der Waals surface area contributed by atoms with Crippen LogP contribution in [0.3, 0.4) is 0 Å². The molecule has 2 aliphatic rings. The molecule has 30 heavy (non-hydrogen) atoms. The van der Waals surface area contributed by atoms with Gasteiger partial charge in [-0.1, -0.05) is 37.3 Å². The highest BCUT2D eigenvalue weighted by molar-refractivity contribution is 5.92. The highest BCUT2D eigenvalue weighted by Gasteiger charge is 2.42. The monoisotopic (exact) mass is 410 g/mol. The number of carbonyl (C=O) groups excluding carboxylic acids is 1. The molecule has 0 aliphatic carbocycles. The van der Waals surface area contributed by atoms with Crippen LogP contribution in [-0.2, 0) is 11.8 Å². The number of piperidine rings is 1. The van der Waals surface area contributed by atoms with Gasteiger partial charge in [0, 0.05) is 32.9 Å². The van der Waals surface area contributed by atoms with E-state index in [0.717, 1.165) is 45.3 Å².